The molecule has 1 aromatic carbocycles. The normalized spacial score (nSPS) is 26.9. The van der Waals surface area contributed by atoms with Gasteiger partial charge >= 0.3 is 0 Å². The van der Waals surface area contributed by atoms with Crippen molar-refractivity contribution in [3.8, 4) is 0 Å². The molecule has 0 N–H and O–H groups in total. The predicted molar refractivity (Wildman–Crippen MR) is 85.3 cm³/mol. The highest BCUT2D eigenvalue weighted by Crippen LogP contribution is 2.28. The molecule has 0 aromatic heterocycles. The van der Waals surface area contributed by atoms with Crippen LogP contribution in [0, 0.1) is 11.7 Å². The number of benzene rings is 1. The lowest BCUT2D eigenvalue weighted by Gasteiger charge is -2.42. The smallest absolute Gasteiger partial charge is 0.256 e. The SMILES string of the molecule is C[C@@H]1CCC[C@@H](N2CCN(C(=O)c3ccccc3F)CC2)C1. The quantitative estimate of drug-likeness (QED) is 0.838. The van der Waals surface area contributed by atoms with Crippen LogP contribution in [-0.2, 0) is 0 Å². The van der Waals surface area contributed by atoms with Gasteiger partial charge in [0.05, 0.1) is 5.56 Å². The Morgan fingerprint density at radius 2 is 1.86 bits per heavy atom. The summed E-state index contributed by atoms with van der Waals surface area (Å²) >= 11 is 0. The minimum atomic E-state index is -0.420. The standard InChI is InChI=1S/C18H25FN2O/c1-14-5-4-6-15(13-14)20-9-11-21(12-10-20)18(22)16-7-2-3-8-17(16)19/h2-3,7-8,14-15H,4-6,9-13H2,1H3/t14-,15-/m1/s1. The zero-order chi connectivity index (χ0) is 15.5. The van der Waals surface area contributed by atoms with Gasteiger partial charge in [-0.05, 0) is 30.9 Å². The molecule has 1 aliphatic heterocycles. The number of piperazine rings is 1. The number of halogens is 1. The minimum absolute atomic E-state index is 0.172. The Balaban J connectivity index is 1.57. The van der Waals surface area contributed by atoms with Gasteiger partial charge in [0.15, 0.2) is 0 Å². The van der Waals surface area contributed by atoms with E-state index in [1.807, 2.05) is 0 Å². The molecule has 1 saturated heterocycles. The predicted octanol–water partition coefficient (Wildman–Crippen LogP) is 3.16. The molecule has 1 saturated carbocycles. The molecule has 1 amide bonds. The summed E-state index contributed by atoms with van der Waals surface area (Å²) in [6, 6.07) is 6.94. The second kappa shape index (κ2) is 6.78. The fraction of sp³-hybridized carbons (Fsp3) is 0.611. The van der Waals surface area contributed by atoms with E-state index in [0.29, 0.717) is 19.1 Å². The third kappa shape index (κ3) is 3.32. The van der Waals surface area contributed by atoms with E-state index in [-0.39, 0.29) is 11.5 Å². The van der Waals surface area contributed by atoms with Gasteiger partial charge in [0.2, 0.25) is 0 Å². The molecule has 0 radical (unpaired) electrons. The van der Waals surface area contributed by atoms with Gasteiger partial charge in [-0.15, -0.1) is 0 Å². The Morgan fingerprint density at radius 3 is 2.55 bits per heavy atom. The lowest BCUT2D eigenvalue weighted by molar-refractivity contribution is 0.0485. The second-order valence-corrected chi connectivity index (χ2v) is 6.73. The third-order valence-electron chi connectivity index (χ3n) is 5.13. The van der Waals surface area contributed by atoms with Crippen molar-refractivity contribution in [2.45, 2.75) is 38.6 Å². The molecule has 1 aliphatic carbocycles. The Bertz CT molecular complexity index is 526. The highest BCUT2D eigenvalue weighted by molar-refractivity contribution is 5.94. The highest BCUT2D eigenvalue weighted by atomic mass is 19.1. The van der Waals surface area contributed by atoms with Gasteiger partial charge in [0.1, 0.15) is 5.82 Å². The Morgan fingerprint density at radius 1 is 1.14 bits per heavy atom. The van der Waals surface area contributed by atoms with E-state index in [1.165, 1.54) is 31.7 Å². The van der Waals surface area contributed by atoms with Gasteiger partial charge in [-0.25, -0.2) is 4.39 Å². The highest BCUT2D eigenvalue weighted by Gasteiger charge is 2.29. The van der Waals surface area contributed by atoms with Crippen LogP contribution in [0.15, 0.2) is 24.3 Å². The van der Waals surface area contributed by atoms with Gasteiger partial charge < -0.3 is 4.90 Å². The maximum absolute atomic E-state index is 13.7. The monoisotopic (exact) mass is 304 g/mol. The topological polar surface area (TPSA) is 23.6 Å². The van der Waals surface area contributed by atoms with Crippen LogP contribution in [-0.4, -0.2) is 47.9 Å². The summed E-state index contributed by atoms with van der Waals surface area (Å²) in [7, 11) is 0. The van der Waals surface area contributed by atoms with Crippen LogP contribution < -0.4 is 0 Å². The van der Waals surface area contributed by atoms with Crippen LogP contribution in [0.4, 0.5) is 4.39 Å². The maximum Gasteiger partial charge on any atom is 0.256 e. The van der Waals surface area contributed by atoms with Gasteiger partial charge in [-0.3, -0.25) is 9.69 Å². The fourth-order valence-corrected chi connectivity index (χ4v) is 3.83. The van der Waals surface area contributed by atoms with Crippen LogP contribution in [0.2, 0.25) is 0 Å². The first kappa shape index (κ1) is 15.5. The van der Waals surface area contributed by atoms with E-state index in [4.69, 9.17) is 0 Å². The first-order valence-electron chi connectivity index (χ1n) is 8.43. The van der Waals surface area contributed by atoms with E-state index in [1.54, 1.807) is 23.1 Å². The summed E-state index contributed by atoms with van der Waals surface area (Å²) < 4.78 is 13.7. The number of nitrogens with zero attached hydrogens (tertiary/aromatic N) is 2. The molecule has 22 heavy (non-hydrogen) atoms. The number of rotatable bonds is 2. The third-order valence-corrected chi connectivity index (χ3v) is 5.13. The number of carbonyl (C=O) groups excluding carboxylic acids is 1. The van der Waals surface area contributed by atoms with E-state index in [9.17, 15) is 9.18 Å². The first-order valence-corrected chi connectivity index (χ1v) is 8.43. The minimum Gasteiger partial charge on any atom is -0.336 e. The average molecular weight is 304 g/mol. The molecule has 2 atom stereocenters. The summed E-state index contributed by atoms with van der Waals surface area (Å²) in [6.07, 6.45) is 5.23. The van der Waals surface area contributed by atoms with Crippen molar-refractivity contribution >= 4 is 5.91 Å². The van der Waals surface area contributed by atoms with Crippen molar-refractivity contribution in [2.75, 3.05) is 26.2 Å². The largest absolute Gasteiger partial charge is 0.336 e. The lowest BCUT2D eigenvalue weighted by atomic mass is 9.86. The number of hydrogen-bond donors (Lipinski definition) is 0. The number of hydrogen-bond acceptors (Lipinski definition) is 2. The molecule has 2 aliphatic rings. The van der Waals surface area contributed by atoms with Gasteiger partial charge in [-0.2, -0.15) is 0 Å². The lowest BCUT2D eigenvalue weighted by Crippen LogP contribution is -2.52. The summed E-state index contributed by atoms with van der Waals surface area (Å²) in [5, 5.41) is 0. The summed E-state index contributed by atoms with van der Waals surface area (Å²) in [4.78, 5) is 16.7. The van der Waals surface area contributed by atoms with Crippen molar-refractivity contribution in [2.24, 2.45) is 5.92 Å². The zero-order valence-corrected chi connectivity index (χ0v) is 13.3. The maximum atomic E-state index is 13.7. The van der Waals surface area contributed by atoms with Crippen LogP contribution >= 0.6 is 0 Å². The average Bonchev–Trinajstić information content (AvgIpc) is 2.55. The molecule has 1 heterocycles. The van der Waals surface area contributed by atoms with Gasteiger partial charge in [0.25, 0.3) is 5.91 Å². The van der Waals surface area contributed by atoms with Crippen molar-refractivity contribution in [3.05, 3.63) is 35.6 Å². The molecule has 0 bridgehead atoms. The van der Waals surface area contributed by atoms with E-state index >= 15 is 0 Å². The fourth-order valence-electron chi connectivity index (χ4n) is 3.83. The molecule has 120 valence electrons. The second-order valence-electron chi connectivity index (χ2n) is 6.73. The van der Waals surface area contributed by atoms with Gasteiger partial charge in [-0.1, -0.05) is 31.9 Å². The van der Waals surface area contributed by atoms with Crippen molar-refractivity contribution in [1.29, 1.82) is 0 Å². The van der Waals surface area contributed by atoms with Crippen LogP contribution in [0.5, 0.6) is 0 Å². The Labute approximate surface area is 132 Å². The van der Waals surface area contributed by atoms with E-state index in [0.717, 1.165) is 19.0 Å². The number of amides is 1. The molecule has 4 heteroatoms. The van der Waals surface area contributed by atoms with E-state index in [2.05, 4.69) is 11.8 Å². The summed E-state index contributed by atoms with van der Waals surface area (Å²) in [6.45, 7) is 5.58. The van der Waals surface area contributed by atoms with Gasteiger partial charge in [0, 0.05) is 32.2 Å². The molecule has 3 rings (SSSR count). The van der Waals surface area contributed by atoms with Crippen LogP contribution in [0.25, 0.3) is 0 Å². The summed E-state index contributed by atoms with van der Waals surface area (Å²) in [5.41, 5.74) is 0.197. The first-order chi connectivity index (χ1) is 10.6. The number of carbonyl (C=O) groups is 1. The molecule has 0 unspecified atom stereocenters. The van der Waals surface area contributed by atoms with E-state index < -0.39 is 5.82 Å². The van der Waals surface area contributed by atoms with Crippen molar-refractivity contribution in [3.63, 3.8) is 0 Å². The molecule has 0 spiro atoms. The summed E-state index contributed by atoms with van der Waals surface area (Å²) in [5.74, 6) is 0.225. The molecule has 3 nitrogen and oxygen atoms in total. The van der Waals surface area contributed by atoms with Crippen molar-refractivity contribution in [1.82, 2.24) is 9.80 Å². The van der Waals surface area contributed by atoms with Crippen LogP contribution in [0.1, 0.15) is 43.0 Å². The van der Waals surface area contributed by atoms with Crippen molar-refractivity contribution < 1.29 is 9.18 Å². The Hall–Kier alpha value is -1.42. The Kier molecular flexibility index (Phi) is 4.77. The molecule has 2 fully saturated rings. The zero-order valence-electron chi connectivity index (χ0n) is 13.3. The molecular formula is C18H25FN2O. The molecular weight excluding hydrogens is 279 g/mol. The molecule has 1 aromatic rings. The van der Waals surface area contributed by atoms with Crippen LogP contribution in [0.3, 0.4) is 0 Å².